The molecule has 8 heteroatoms. The van der Waals surface area contributed by atoms with Gasteiger partial charge in [0.25, 0.3) is 0 Å². The summed E-state index contributed by atoms with van der Waals surface area (Å²) in [6, 6.07) is 2.26. The summed E-state index contributed by atoms with van der Waals surface area (Å²) < 4.78 is 39.6. The summed E-state index contributed by atoms with van der Waals surface area (Å²) in [5, 5.41) is 3.18. The average molecular weight is 355 g/mol. The van der Waals surface area contributed by atoms with Crippen LogP contribution in [0.5, 0.6) is 0 Å². The predicted molar refractivity (Wildman–Crippen MR) is 84.1 cm³/mol. The summed E-state index contributed by atoms with van der Waals surface area (Å²) in [5.74, 6) is -0.645. The number of benzene rings is 1. The topological polar surface area (TPSA) is 58.2 Å². The lowest BCUT2D eigenvalue weighted by Gasteiger charge is -2.23. The summed E-state index contributed by atoms with van der Waals surface area (Å²) in [6.45, 7) is 0.924. The maximum Gasteiger partial charge on any atom is 0.232 e. The minimum atomic E-state index is -3.57. The van der Waals surface area contributed by atoms with Crippen LogP contribution in [0, 0.1) is 5.82 Å². The standard InChI is InChI=1S/C13H17Cl2FN2O2S/c14-11-7-9(16)8-12(15)13(11)18-21(19,20)6-4-10-3-1-2-5-17-10/h7-8,10,17-18H,1-6H2. The first-order valence-electron chi connectivity index (χ1n) is 6.76. The number of rotatable bonds is 5. The van der Waals surface area contributed by atoms with E-state index in [0.29, 0.717) is 6.42 Å². The van der Waals surface area contributed by atoms with Crippen LogP contribution in [0.2, 0.25) is 10.0 Å². The summed E-state index contributed by atoms with van der Waals surface area (Å²) in [6.07, 6.45) is 3.74. The van der Waals surface area contributed by atoms with Crippen molar-refractivity contribution in [2.45, 2.75) is 31.7 Å². The summed E-state index contributed by atoms with van der Waals surface area (Å²) >= 11 is 11.7. The molecule has 1 aliphatic heterocycles. The van der Waals surface area contributed by atoms with Gasteiger partial charge in [-0.3, -0.25) is 4.72 Å². The molecule has 2 N–H and O–H groups in total. The van der Waals surface area contributed by atoms with Gasteiger partial charge in [-0.2, -0.15) is 0 Å². The fraction of sp³-hybridized carbons (Fsp3) is 0.538. The molecule has 0 aromatic heterocycles. The Hall–Kier alpha value is -0.560. The number of halogens is 3. The predicted octanol–water partition coefficient (Wildman–Crippen LogP) is 3.41. The van der Waals surface area contributed by atoms with Crippen LogP contribution < -0.4 is 10.0 Å². The van der Waals surface area contributed by atoms with E-state index in [9.17, 15) is 12.8 Å². The fourth-order valence-corrected chi connectivity index (χ4v) is 4.21. The second-order valence-corrected chi connectivity index (χ2v) is 7.76. The van der Waals surface area contributed by atoms with Crippen LogP contribution in [0.1, 0.15) is 25.7 Å². The minimum absolute atomic E-state index is 0.0244. The smallest absolute Gasteiger partial charge is 0.232 e. The number of hydrogen-bond acceptors (Lipinski definition) is 3. The van der Waals surface area contributed by atoms with Gasteiger partial charge in [0.15, 0.2) is 0 Å². The monoisotopic (exact) mass is 354 g/mol. The Balaban J connectivity index is 2.00. The van der Waals surface area contributed by atoms with E-state index < -0.39 is 15.8 Å². The Morgan fingerprint density at radius 1 is 1.29 bits per heavy atom. The van der Waals surface area contributed by atoms with Gasteiger partial charge in [-0.15, -0.1) is 0 Å². The Kier molecular flexibility index (Phi) is 5.71. The molecule has 0 spiro atoms. The van der Waals surface area contributed by atoms with E-state index in [2.05, 4.69) is 10.0 Å². The first kappa shape index (κ1) is 16.8. The lowest BCUT2D eigenvalue weighted by atomic mass is 10.0. The van der Waals surface area contributed by atoms with Gasteiger partial charge in [0.05, 0.1) is 21.5 Å². The van der Waals surface area contributed by atoms with E-state index in [1.54, 1.807) is 0 Å². The van der Waals surface area contributed by atoms with Crippen molar-refractivity contribution in [2.75, 3.05) is 17.0 Å². The van der Waals surface area contributed by atoms with Crippen LogP contribution in [0.4, 0.5) is 10.1 Å². The van der Waals surface area contributed by atoms with Crippen LogP contribution in [-0.4, -0.2) is 26.8 Å². The molecule has 1 saturated heterocycles. The molecule has 1 atom stereocenters. The van der Waals surface area contributed by atoms with Gasteiger partial charge in [-0.1, -0.05) is 29.6 Å². The van der Waals surface area contributed by atoms with Gasteiger partial charge in [0.2, 0.25) is 10.0 Å². The second-order valence-electron chi connectivity index (χ2n) is 5.10. The molecule has 118 valence electrons. The summed E-state index contributed by atoms with van der Waals surface area (Å²) in [5.41, 5.74) is 0.0244. The van der Waals surface area contributed by atoms with Crippen LogP contribution in [0.25, 0.3) is 0 Å². The molecule has 21 heavy (non-hydrogen) atoms. The van der Waals surface area contributed by atoms with Crippen molar-refractivity contribution in [3.8, 4) is 0 Å². The Labute approximate surface area is 134 Å². The van der Waals surface area contributed by atoms with Crippen molar-refractivity contribution in [2.24, 2.45) is 0 Å². The van der Waals surface area contributed by atoms with Gasteiger partial charge in [-0.25, -0.2) is 12.8 Å². The highest BCUT2D eigenvalue weighted by molar-refractivity contribution is 7.92. The molecule has 0 bridgehead atoms. The number of anilines is 1. The molecule has 2 rings (SSSR count). The molecule has 1 aliphatic rings. The highest BCUT2D eigenvalue weighted by Crippen LogP contribution is 2.32. The summed E-state index contributed by atoms with van der Waals surface area (Å²) in [4.78, 5) is 0. The second kappa shape index (κ2) is 7.13. The van der Waals surface area contributed by atoms with Crippen LogP contribution in [0.15, 0.2) is 12.1 Å². The molecule has 1 heterocycles. The van der Waals surface area contributed by atoms with Crippen molar-refractivity contribution in [3.63, 3.8) is 0 Å². The first-order chi connectivity index (χ1) is 9.87. The van der Waals surface area contributed by atoms with Crippen molar-refractivity contribution < 1.29 is 12.8 Å². The highest BCUT2D eigenvalue weighted by atomic mass is 35.5. The Morgan fingerprint density at radius 3 is 2.52 bits per heavy atom. The van der Waals surface area contributed by atoms with E-state index >= 15 is 0 Å². The van der Waals surface area contributed by atoms with Crippen LogP contribution in [-0.2, 0) is 10.0 Å². The molecule has 0 radical (unpaired) electrons. The van der Waals surface area contributed by atoms with Crippen molar-refractivity contribution in [1.29, 1.82) is 0 Å². The molecular weight excluding hydrogens is 338 g/mol. The van der Waals surface area contributed by atoms with Crippen molar-refractivity contribution in [1.82, 2.24) is 5.32 Å². The number of nitrogens with one attached hydrogen (secondary N) is 2. The number of piperidine rings is 1. The molecule has 1 aromatic rings. The van der Waals surface area contributed by atoms with Crippen LogP contribution >= 0.6 is 23.2 Å². The third kappa shape index (κ3) is 4.98. The third-order valence-electron chi connectivity index (χ3n) is 3.41. The maximum atomic E-state index is 13.1. The van der Waals surface area contributed by atoms with Gasteiger partial charge in [-0.05, 0) is 37.9 Å². The van der Waals surface area contributed by atoms with Gasteiger partial charge >= 0.3 is 0 Å². The third-order valence-corrected chi connectivity index (χ3v) is 5.30. The summed E-state index contributed by atoms with van der Waals surface area (Å²) in [7, 11) is -3.57. The Morgan fingerprint density at radius 2 is 1.95 bits per heavy atom. The minimum Gasteiger partial charge on any atom is -0.314 e. The normalized spacial score (nSPS) is 19.5. The molecule has 1 aromatic carbocycles. The van der Waals surface area contributed by atoms with Gasteiger partial charge in [0.1, 0.15) is 5.82 Å². The molecule has 4 nitrogen and oxygen atoms in total. The SMILES string of the molecule is O=S(=O)(CCC1CCCCN1)Nc1c(Cl)cc(F)cc1Cl. The van der Waals surface area contributed by atoms with Gasteiger partial charge in [0, 0.05) is 6.04 Å². The average Bonchev–Trinajstić information content (AvgIpc) is 2.42. The Bertz CT molecular complexity index is 581. The van der Waals surface area contributed by atoms with Crippen molar-refractivity contribution in [3.05, 3.63) is 28.0 Å². The fourth-order valence-electron chi connectivity index (χ4n) is 2.31. The molecule has 0 saturated carbocycles. The maximum absolute atomic E-state index is 13.1. The van der Waals surface area contributed by atoms with E-state index in [1.165, 1.54) is 0 Å². The van der Waals surface area contributed by atoms with E-state index in [0.717, 1.165) is 37.9 Å². The number of sulfonamides is 1. The molecule has 1 fully saturated rings. The van der Waals surface area contributed by atoms with E-state index in [-0.39, 0.29) is 27.5 Å². The van der Waals surface area contributed by atoms with Gasteiger partial charge < -0.3 is 5.32 Å². The largest absolute Gasteiger partial charge is 0.314 e. The molecular formula is C13H17Cl2FN2O2S. The molecule has 1 unspecified atom stereocenters. The highest BCUT2D eigenvalue weighted by Gasteiger charge is 2.19. The van der Waals surface area contributed by atoms with Crippen LogP contribution in [0.3, 0.4) is 0 Å². The van der Waals surface area contributed by atoms with E-state index in [1.807, 2.05) is 0 Å². The van der Waals surface area contributed by atoms with E-state index in [4.69, 9.17) is 23.2 Å². The molecule has 0 aliphatic carbocycles. The number of hydrogen-bond donors (Lipinski definition) is 2. The zero-order valence-corrected chi connectivity index (χ0v) is 13.7. The molecule has 0 amide bonds. The first-order valence-corrected chi connectivity index (χ1v) is 9.16. The lowest BCUT2D eigenvalue weighted by Crippen LogP contribution is -2.36. The zero-order valence-electron chi connectivity index (χ0n) is 11.3. The lowest BCUT2D eigenvalue weighted by molar-refractivity contribution is 0.393. The quantitative estimate of drug-likeness (QED) is 0.851. The van der Waals surface area contributed by atoms with Crippen molar-refractivity contribution >= 4 is 38.9 Å². The zero-order chi connectivity index (χ0) is 15.5.